The molecule has 2 N–H and O–H groups in total. The molecule has 0 radical (unpaired) electrons. The van der Waals surface area contributed by atoms with E-state index in [-0.39, 0.29) is 11.6 Å². The first kappa shape index (κ1) is 24.5. The molecule has 12 heteroatoms. The highest BCUT2D eigenvalue weighted by atomic mass is 35.5. The van der Waals surface area contributed by atoms with Crippen molar-refractivity contribution in [2.24, 2.45) is 7.05 Å². The summed E-state index contributed by atoms with van der Waals surface area (Å²) < 4.78 is 7.28. The van der Waals surface area contributed by atoms with Crippen molar-refractivity contribution in [2.75, 3.05) is 0 Å². The number of carbonyl (C=O) groups excluding carboxylic acids is 2. The second-order valence-corrected chi connectivity index (χ2v) is 10.8. The highest BCUT2D eigenvalue weighted by Gasteiger charge is 2.51. The first-order chi connectivity index (χ1) is 19.4. The fourth-order valence-electron chi connectivity index (χ4n) is 4.93. The first-order valence-electron chi connectivity index (χ1n) is 13.1. The van der Waals surface area contributed by atoms with Gasteiger partial charge in [-0.25, -0.2) is 0 Å². The standard InChI is InChI=1S/C28H25ClN8O3/c1-36-33-25(32-35-36)24-23(29)19-4-2-3-5-21(19)37(24)18-10-6-16(7-11-18)15-30-27(39)28(12-13-28)31-26(38)20-14-22(40-34-20)17-8-9-17/h2-7,10-11,14,17H,8-9,12-13,15H2,1H3,(H,30,39)(H,31,38). The zero-order valence-corrected chi connectivity index (χ0v) is 22.4. The lowest BCUT2D eigenvalue weighted by atomic mass is 10.1. The number of hydrogen-bond donors (Lipinski definition) is 2. The molecule has 2 aliphatic rings. The fourth-order valence-corrected chi connectivity index (χ4v) is 5.26. The molecule has 5 aromatic rings. The number of fused-ring (bicyclic) bond motifs is 1. The normalized spacial score (nSPS) is 15.8. The van der Waals surface area contributed by atoms with Crippen molar-refractivity contribution in [2.45, 2.75) is 43.7 Å². The Morgan fingerprint density at radius 1 is 1.12 bits per heavy atom. The molecule has 0 aliphatic heterocycles. The number of benzene rings is 2. The van der Waals surface area contributed by atoms with E-state index in [9.17, 15) is 9.59 Å². The zero-order valence-electron chi connectivity index (χ0n) is 21.6. The van der Waals surface area contributed by atoms with Crippen molar-refractivity contribution in [1.29, 1.82) is 0 Å². The molecule has 2 aromatic carbocycles. The highest BCUT2D eigenvalue weighted by Crippen LogP contribution is 2.41. The Morgan fingerprint density at radius 2 is 1.90 bits per heavy atom. The van der Waals surface area contributed by atoms with Gasteiger partial charge in [0.05, 0.1) is 17.6 Å². The summed E-state index contributed by atoms with van der Waals surface area (Å²) in [5.74, 6) is 0.917. The van der Waals surface area contributed by atoms with Crippen LogP contribution in [0.3, 0.4) is 0 Å². The van der Waals surface area contributed by atoms with Crippen molar-refractivity contribution in [3.63, 3.8) is 0 Å². The minimum Gasteiger partial charge on any atom is -0.360 e. The maximum Gasteiger partial charge on any atom is 0.274 e. The summed E-state index contributed by atoms with van der Waals surface area (Å²) in [5, 5.41) is 23.7. The molecule has 0 atom stereocenters. The van der Waals surface area contributed by atoms with E-state index in [0.29, 0.717) is 41.8 Å². The van der Waals surface area contributed by atoms with Gasteiger partial charge < -0.3 is 19.7 Å². The van der Waals surface area contributed by atoms with Crippen LogP contribution in [-0.2, 0) is 18.4 Å². The van der Waals surface area contributed by atoms with Gasteiger partial charge in [0.15, 0.2) is 5.69 Å². The van der Waals surface area contributed by atoms with Crippen LogP contribution >= 0.6 is 11.6 Å². The molecule has 7 rings (SSSR count). The van der Waals surface area contributed by atoms with E-state index < -0.39 is 11.4 Å². The molecule has 0 spiro atoms. The van der Waals surface area contributed by atoms with E-state index >= 15 is 0 Å². The summed E-state index contributed by atoms with van der Waals surface area (Å²) in [7, 11) is 1.71. The lowest BCUT2D eigenvalue weighted by molar-refractivity contribution is -0.124. The van der Waals surface area contributed by atoms with Crippen molar-refractivity contribution >= 4 is 34.3 Å². The van der Waals surface area contributed by atoms with Gasteiger partial charge in [-0.2, -0.15) is 4.80 Å². The van der Waals surface area contributed by atoms with Gasteiger partial charge in [0.1, 0.15) is 17.0 Å². The third-order valence-corrected chi connectivity index (χ3v) is 7.84. The van der Waals surface area contributed by atoms with Gasteiger partial charge in [0.25, 0.3) is 5.91 Å². The highest BCUT2D eigenvalue weighted by molar-refractivity contribution is 6.38. The van der Waals surface area contributed by atoms with E-state index in [0.717, 1.165) is 40.8 Å². The predicted molar refractivity (Wildman–Crippen MR) is 146 cm³/mol. The minimum absolute atomic E-state index is 0.213. The molecule has 2 aliphatic carbocycles. The van der Waals surface area contributed by atoms with E-state index in [4.69, 9.17) is 16.1 Å². The smallest absolute Gasteiger partial charge is 0.274 e. The molecular formula is C28H25ClN8O3. The molecule has 202 valence electrons. The fraction of sp³-hybridized carbons (Fsp3) is 0.286. The third-order valence-electron chi connectivity index (χ3n) is 7.46. The van der Waals surface area contributed by atoms with Crippen molar-refractivity contribution in [3.05, 3.63) is 76.6 Å². The van der Waals surface area contributed by atoms with Crippen LogP contribution in [0.15, 0.2) is 59.1 Å². The largest absolute Gasteiger partial charge is 0.360 e. The van der Waals surface area contributed by atoms with Gasteiger partial charge in [0.2, 0.25) is 11.7 Å². The number of carbonyl (C=O) groups is 2. The zero-order chi connectivity index (χ0) is 27.4. The molecule has 3 heterocycles. The van der Waals surface area contributed by atoms with Crippen molar-refractivity contribution < 1.29 is 14.1 Å². The maximum atomic E-state index is 13.0. The number of tetrazole rings is 1. The van der Waals surface area contributed by atoms with Gasteiger partial charge in [-0.05, 0) is 54.7 Å². The Hall–Kier alpha value is -4.51. The molecule has 0 bridgehead atoms. The Labute approximate surface area is 233 Å². The van der Waals surface area contributed by atoms with Crippen LogP contribution in [0.1, 0.15) is 53.4 Å². The topological polar surface area (TPSA) is 133 Å². The average molecular weight is 557 g/mol. The second-order valence-electron chi connectivity index (χ2n) is 10.4. The molecule has 11 nitrogen and oxygen atoms in total. The van der Waals surface area contributed by atoms with E-state index in [1.165, 1.54) is 4.80 Å². The lowest BCUT2D eigenvalue weighted by Gasteiger charge is -2.17. The SMILES string of the molecule is Cn1nnc(-c2c(Cl)c3ccccc3n2-c2ccc(CNC(=O)C3(NC(=O)c4cc(C5CC5)on4)CC3)cc2)n1. The number of rotatable bonds is 8. The predicted octanol–water partition coefficient (Wildman–Crippen LogP) is 3.92. The summed E-state index contributed by atoms with van der Waals surface area (Å²) in [6.07, 6.45) is 3.27. The van der Waals surface area contributed by atoms with E-state index in [1.807, 2.05) is 53.1 Å². The van der Waals surface area contributed by atoms with Crippen LogP contribution < -0.4 is 10.6 Å². The number of para-hydroxylation sites is 1. The minimum atomic E-state index is -0.908. The van der Waals surface area contributed by atoms with E-state index in [2.05, 4.69) is 31.2 Å². The van der Waals surface area contributed by atoms with Crippen LogP contribution in [0, 0.1) is 0 Å². The summed E-state index contributed by atoms with van der Waals surface area (Å²) in [6, 6.07) is 17.3. The Balaban J connectivity index is 1.07. The molecular weight excluding hydrogens is 532 g/mol. The second kappa shape index (κ2) is 9.30. The first-order valence-corrected chi connectivity index (χ1v) is 13.5. The third kappa shape index (κ3) is 4.32. The average Bonchev–Trinajstić information content (AvgIpc) is 3.84. The van der Waals surface area contributed by atoms with Gasteiger partial charge >= 0.3 is 0 Å². The molecule has 0 unspecified atom stereocenters. The molecule has 2 fully saturated rings. The number of aryl methyl sites for hydroxylation is 1. The van der Waals surface area contributed by atoms with Crippen LogP contribution in [0.5, 0.6) is 0 Å². The molecule has 2 amide bonds. The summed E-state index contributed by atoms with van der Waals surface area (Å²) in [5.41, 5.74) is 2.65. The van der Waals surface area contributed by atoms with Gasteiger partial charge in [-0.3, -0.25) is 9.59 Å². The number of nitrogens with one attached hydrogen (secondary N) is 2. The summed E-state index contributed by atoms with van der Waals surface area (Å²) >= 11 is 6.79. The molecule has 0 saturated heterocycles. The van der Waals surface area contributed by atoms with Crippen molar-refractivity contribution in [1.82, 2.24) is 40.6 Å². The molecule has 2 saturated carbocycles. The van der Waals surface area contributed by atoms with Gasteiger partial charge in [0, 0.05) is 29.6 Å². The van der Waals surface area contributed by atoms with Gasteiger partial charge in [-0.1, -0.05) is 47.1 Å². The van der Waals surface area contributed by atoms with Crippen LogP contribution in [0.2, 0.25) is 5.02 Å². The molecule has 40 heavy (non-hydrogen) atoms. The van der Waals surface area contributed by atoms with E-state index in [1.54, 1.807) is 13.1 Å². The number of nitrogens with zero attached hydrogens (tertiary/aromatic N) is 6. The van der Waals surface area contributed by atoms with Crippen LogP contribution in [-0.4, -0.2) is 47.3 Å². The molecule has 3 aromatic heterocycles. The number of aromatic nitrogens is 6. The van der Waals surface area contributed by atoms with Crippen LogP contribution in [0.25, 0.3) is 28.1 Å². The number of hydrogen-bond acceptors (Lipinski definition) is 7. The summed E-state index contributed by atoms with van der Waals surface area (Å²) in [4.78, 5) is 27.1. The number of halogens is 1. The Morgan fingerprint density at radius 3 is 2.60 bits per heavy atom. The van der Waals surface area contributed by atoms with Crippen LogP contribution in [0.4, 0.5) is 0 Å². The van der Waals surface area contributed by atoms with Gasteiger partial charge in [-0.15, -0.1) is 10.2 Å². The quantitative estimate of drug-likeness (QED) is 0.296. The number of amides is 2. The Bertz CT molecular complexity index is 1760. The maximum absolute atomic E-state index is 13.0. The Kier molecular flexibility index (Phi) is 5.70. The monoisotopic (exact) mass is 556 g/mol. The lowest BCUT2D eigenvalue weighted by Crippen LogP contribution is -2.48. The van der Waals surface area contributed by atoms with Crippen molar-refractivity contribution in [3.8, 4) is 17.2 Å². The summed E-state index contributed by atoms with van der Waals surface area (Å²) in [6.45, 7) is 0.318.